The third-order valence-corrected chi connectivity index (χ3v) is 2.53. The Kier molecular flexibility index (Phi) is 69.2. The second-order valence-corrected chi connectivity index (χ2v) is 4.49. The summed E-state index contributed by atoms with van der Waals surface area (Å²) in [4.78, 5) is 65.6. The summed E-state index contributed by atoms with van der Waals surface area (Å²) in [5, 5.41) is 17.0. The maximum atomic E-state index is 11.2. The maximum Gasteiger partial charge on any atom is 1.00 e. The van der Waals surface area contributed by atoms with Crippen molar-refractivity contribution in [1.29, 1.82) is 0 Å². The fourth-order valence-corrected chi connectivity index (χ4v) is 1.19. The summed E-state index contributed by atoms with van der Waals surface area (Å²) >= 11 is 0. The zero-order valence-electron chi connectivity index (χ0n) is 28.3. The number of hydrogen-bond acceptors (Lipinski definition) is 10. The molecule has 6 N–H and O–H groups in total. The van der Waals surface area contributed by atoms with Crippen LogP contribution in [0, 0.1) is 0 Å². The SMILES string of the molecule is N[C@@H](CCC(=O)OC(=O)C(=O)OC(=O)CC[C@H](N)C(=O)O)C(=O)O.[H-].[H-].[H-].[H-].[H-].[H-].[H-].[H-].[Na+].[Na+].[Na+].[Na+].[Na+].[Na+].[Na+].[Na+]. The molecular formula is C12H24N2Na8O10. The third kappa shape index (κ3) is 33.2. The Morgan fingerprint density at radius 3 is 1.00 bits per heavy atom. The van der Waals surface area contributed by atoms with Crippen molar-refractivity contribution >= 4 is 35.8 Å². The van der Waals surface area contributed by atoms with Gasteiger partial charge in [0, 0.05) is 12.8 Å². The van der Waals surface area contributed by atoms with Crippen LogP contribution in [-0.4, -0.2) is 58.1 Å². The van der Waals surface area contributed by atoms with Crippen molar-refractivity contribution in [3.05, 3.63) is 0 Å². The number of ether oxygens (including phenoxy) is 2. The molecular weight excluding hydrogens is 516 g/mol. The maximum absolute atomic E-state index is 11.2. The minimum absolute atomic E-state index is 0. The van der Waals surface area contributed by atoms with Gasteiger partial charge in [0.05, 0.1) is 0 Å². The van der Waals surface area contributed by atoms with Crippen molar-refractivity contribution in [2.75, 3.05) is 0 Å². The van der Waals surface area contributed by atoms with Gasteiger partial charge in [-0.1, -0.05) is 0 Å². The Balaban J connectivity index is -0.0000000220. The Hall–Kier alpha value is 5.14. The summed E-state index contributed by atoms with van der Waals surface area (Å²) in [7, 11) is 0. The molecule has 0 aliphatic heterocycles. The first kappa shape index (κ1) is 61.3. The Bertz CT molecular complexity index is 551. The molecule has 0 saturated heterocycles. The first-order valence-electron chi connectivity index (χ1n) is 6.51. The van der Waals surface area contributed by atoms with Crippen LogP contribution in [0.2, 0.25) is 0 Å². The molecule has 0 unspecified atom stereocenters. The fraction of sp³-hybridized carbons (Fsp3) is 0.500. The molecule has 0 fully saturated rings. The van der Waals surface area contributed by atoms with Crippen molar-refractivity contribution < 1.29 is 296 Å². The first-order valence-corrected chi connectivity index (χ1v) is 6.51. The van der Waals surface area contributed by atoms with Crippen molar-refractivity contribution in [2.24, 2.45) is 11.5 Å². The molecule has 32 heavy (non-hydrogen) atoms. The largest absolute Gasteiger partial charge is 1.00 e. The predicted octanol–water partition coefficient (Wildman–Crippen LogP) is -25.6. The van der Waals surface area contributed by atoms with Gasteiger partial charge in [-0.3, -0.25) is 19.2 Å². The minimum Gasteiger partial charge on any atom is -1.00 e. The second-order valence-electron chi connectivity index (χ2n) is 4.49. The van der Waals surface area contributed by atoms with Crippen LogP contribution in [0.5, 0.6) is 0 Å². The molecule has 150 valence electrons. The van der Waals surface area contributed by atoms with E-state index in [0.29, 0.717) is 0 Å². The molecule has 0 amide bonds. The molecule has 2 atom stereocenters. The summed E-state index contributed by atoms with van der Waals surface area (Å²) in [6.07, 6.45) is -1.76. The van der Waals surface area contributed by atoms with E-state index < -0.39 is 60.7 Å². The zero-order valence-corrected chi connectivity index (χ0v) is 36.3. The number of aliphatic carboxylic acids is 2. The molecule has 20 heteroatoms. The van der Waals surface area contributed by atoms with Gasteiger partial charge < -0.3 is 42.6 Å². The van der Waals surface area contributed by atoms with Crippen LogP contribution in [0.3, 0.4) is 0 Å². The first-order chi connectivity index (χ1) is 11.0. The van der Waals surface area contributed by atoms with Crippen molar-refractivity contribution in [2.45, 2.75) is 37.8 Å². The van der Waals surface area contributed by atoms with Gasteiger partial charge in [0.25, 0.3) is 0 Å². The van der Waals surface area contributed by atoms with Crippen LogP contribution < -0.4 is 248 Å². The van der Waals surface area contributed by atoms with E-state index in [-0.39, 0.29) is 261 Å². The number of carboxylic acid groups (broad SMARTS) is 2. The number of carbonyl (C=O) groups excluding carboxylic acids is 4. The van der Waals surface area contributed by atoms with E-state index >= 15 is 0 Å². The number of carbonyl (C=O) groups is 6. The molecule has 0 bridgehead atoms. The summed E-state index contributed by atoms with van der Waals surface area (Å²) in [6, 6.07) is -2.70. The molecule has 0 radical (unpaired) electrons. The summed E-state index contributed by atoms with van der Waals surface area (Å²) in [5.74, 6) is -8.74. The quantitative estimate of drug-likeness (QED) is 0.0978. The monoisotopic (exact) mass is 540 g/mol. The molecule has 12 nitrogen and oxygen atoms in total. The van der Waals surface area contributed by atoms with Crippen LogP contribution >= 0.6 is 0 Å². The van der Waals surface area contributed by atoms with Crippen LogP contribution in [-0.2, 0) is 38.2 Å². The van der Waals surface area contributed by atoms with E-state index in [2.05, 4.69) is 9.47 Å². The van der Waals surface area contributed by atoms with Crippen molar-refractivity contribution in [3.63, 3.8) is 0 Å². The van der Waals surface area contributed by atoms with Crippen LogP contribution in [0.4, 0.5) is 0 Å². The van der Waals surface area contributed by atoms with Gasteiger partial charge in [-0.2, -0.15) is 0 Å². The number of esters is 4. The Morgan fingerprint density at radius 1 is 0.594 bits per heavy atom. The number of hydrogen-bond donors (Lipinski definition) is 4. The van der Waals surface area contributed by atoms with Gasteiger partial charge in [-0.25, -0.2) is 9.59 Å². The molecule has 0 rings (SSSR count). The second kappa shape index (κ2) is 36.1. The normalized spacial score (nSPS) is 9.44. The summed E-state index contributed by atoms with van der Waals surface area (Å²) in [6.45, 7) is 0. The van der Waals surface area contributed by atoms with Gasteiger partial charge in [0.1, 0.15) is 12.1 Å². The molecule has 0 saturated carbocycles. The van der Waals surface area contributed by atoms with Gasteiger partial charge in [-0.05, 0) is 12.8 Å². The van der Waals surface area contributed by atoms with E-state index in [4.69, 9.17) is 21.7 Å². The molecule has 0 spiro atoms. The molecule has 0 aliphatic rings. The van der Waals surface area contributed by atoms with E-state index in [1.54, 1.807) is 0 Å². The van der Waals surface area contributed by atoms with Crippen LogP contribution in [0.15, 0.2) is 0 Å². The smallest absolute Gasteiger partial charge is 1.00 e. The van der Waals surface area contributed by atoms with Gasteiger partial charge in [-0.15, -0.1) is 0 Å². The van der Waals surface area contributed by atoms with E-state index in [1.807, 2.05) is 0 Å². The zero-order chi connectivity index (χ0) is 18.9. The number of carboxylic acids is 2. The average molecular weight is 540 g/mol. The van der Waals surface area contributed by atoms with Gasteiger partial charge >= 0.3 is 272 Å². The van der Waals surface area contributed by atoms with Gasteiger partial charge in [0.15, 0.2) is 0 Å². The van der Waals surface area contributed by atoms with Gasteiger partial charge in [0.2, 0.25) is 0 Å². The van der Waals surface area contributed by atoms with Crippen molar-refractivity contribution in [3.8, 4) is 0 Å². The van der Waals surface area contributed by atoms with E-state index in [1.165, 1.54) is 0 Å². The molecule has 0 aliphatic carbocycles. The topological polar surface area (TPSA) is 213 Å². The number of rotatable bonds is 8. The molecule has 0 aromatic heterocycles. The Morgan fingerprint density at radius 2 is 0.812 bits per heavy atom. The van der Waals surface area contributed by atoms with Crippen LogP contribution in [0.25, 0.3) is 0 Å². The summed E-state index contributed by atoms with van der Waals surface area (Å²) < 4.78 is 8.07. The number of nitrogens with two attached hydrogens (primary N) is 2. The standard InChI is InChI=1S/C12H16N2O10.8Na.8H/c13-5(9(17)18)1-3-7(15)23-11(21)12(22)24-8(16)4-2-6(14)10(19)20;;;;;;;;;;;;;;;;/h5-6H,1-4,13-14H2,(H,17,18)(H,19,20);;;;;;;;;;;;;;;;/q;8*+1;8*-1/t5-,6-;;;;;;;;;;;;;;;;/m0................/s1. The third-order valence-electron chi connectivity index (χ3n) is 2.53. The van der Waals surface area contributed by atoms with E-state index in [0.717, 1.165) is 0 Å². The molecule has 0 aromatic carbocycles. The minimum atomic E-state index is -1.78. The molecule has 0 aromatic rings. The summed E-state index contributed by atoms with van der Waals surface area (Å²) in [5.41, 5.74) is 10.2. The average Bonchev–Trinajstić information content (AvgIpc) is 2.49. The fourth-order valence-electron chi connectivity index (χ4n) is 1.19. The Labute approximate surface area is 373 Å². The van der Waals surface area contributed by atoms with Crippen molar-refractivity contribution in [1.82, 2.24) is 0 Å². The predicted molar refractivity (Wildman–Crippen MR) is 80.8 cm³/mol. The van der Waals surface area contributed by atoms with E-state index in [9.17, 15) is 28.8 Å². The van der Waals surface area contributed by atoms with Crippen LogP contribution in [0.1, 0.15) is 37.1 Å². The molecule has 0 heterocycles.